The van der Waals surface area contributed by atoms with Crippen LogP contribution in [-0.4, -0.2) is 71.1 Å². The molecule has 2 N–H and O–H groups in total. The summed E-state index contributed by atoms with van der Waals surface area (Å²) in [5.74, 6) is 0.166. The second-order valence-corrected chi connectivity index (χ2v) is 7.51. The lowest BCUT2D eigenvalue weighted by Crippen LogP contribution is -2.55. The van der Waals surface area contributed by atoms with E-state index in [2.05, 4.69) is 22.4 Å². The van der Waals surface area contributed by atoms with Crippen LogP contribution in [0.2, 0.25) is 0 Å². The fourth-order valence-corrected chi connectivity index (χ4v) is 3.96. The average molecular weight is 355 g/mol. The minimum atomic E-state index is -0.268. The van der Waals surface area contributed by atoms with Gasteiger partial charge in [0, 0.05) is 37.0 Å². The molecular formula is C19H25N5O2. The number of piperazine rings is 1. The van der Waals surface area contributed by atoms with Crippen molar-refractivity contribution >= 4 is 22.7 Å². The van der Waals surface area contributed by atoms with Gasteiger partial charge in [0.1, 0.15) is 0 Å². The van der Waals surface area contributed by atoms with Gasteiger partial charge in [-0.05, 0) is 32.0 Å². The van der Waals surface area contributed by atoms with Crippen LogP contribution in [0.1, 0.15) is 30.3 Å². The number of amides is 2. The molecule has 0 bridgehead atoms. The normalized spacial score (nSPS) is 20.3. The molecule has 2 aliphatic rings. The Bertz CT molecular complexity index is 816. The zero-order valence-electron chi connectivity index (χ0n) is 15.1. The molecule has 0 radical (unpaired) electrons. The summed E-state index contributed by atoms with van der Waals surface area (Å²) in [5, 5.41) is 11.3. The Hall–Kier alpha value is -2.41. The van der Waals surface area contributed by atoms with Gasteiger partial charge in [-0.3, -0.25) is 14.7 Å². The van der Waals surface area contributed by atoms with Crippen LogP contribution >= 0.6 is 0 Å². The maximum atomic E-state index is 12.9. The molecule has 2 amide bonds. The quantitative estimate of drug-likeness (QED) is 0.849. The molecule has 1 aromatic heterocycles. The van der Waals surface area contributed by atoms with Crippen LogP contribution in [0.15, 0.2) is 24.3 Å². The van der Waals surface area contributed by atoms with Gasteiger partial charge in [0.15, 0.2) is 5.69 Å². The van der Waals surface area contributed by atoms with Crippen LogP contribution in [0.5, 0.6) is 0 Å². The summed E-state index contributed by atoms with van der Waals surface area (Å²) >= 11 is 0. The molecule has 4 rings (SSSR count). The van der Waals surface area contributed by atoms with Crippen LogP contribution in [0.4, 0.5) is 0 Å². The molecule has 0 spiro atoms. The van der Waals surface area contributed by atoms with Crippen LogP contribution < -0.4 is 5.32 Å². The Morgan fingerprint density at radius 3 is 2.42 bits per heavy atom. The Morgan fingerprint density at radius 2 is 1.69 bits per heavy atom. The fraction of sp³-hybridized carbons (Fsp3) is 0.526. The Morgan fingerprint density at radius 1 is 1.04 bits per heavy atom. The van der Waals surface area contributed by atoms with E-state index in [-0.39, 0.29) is 17.2 Å². The van der Waals surface area contributed by atoms with Gasteiger partial charge in [-0.2, -0.15) is 5.10 Å². The largest absolute Gasteiger partial charge is 0.339 e. The van der Waals surface area contributed by atoms with Gasteiger partial charge in [0.25, 0.3) is 5.91 Å². The third-order valence-corrected chi connectivity index (χ3v) is 5.75. The first-order valence-electron chi connectivity index (χ1n) is 9.31. The van der Waals surface area contributed by atoms with Crippen molar-refractivity contribution in [3.63, 3.8) is 0 Å². The summed E-state index contributed by atoms with van der Waals surface area (Å²) in [6.45, 7) is 6.16. The third kappa shape index (κ3) is 2.96. The molecule has 2 saturated heterocycles. The van der Waals surface area contributed by atoms with Crippen molar-refractivity contribution < 1.29 is 9.59 Å². The smallest absolute Gasteiger partial charge is 0.275 e. The summed E-state index contributed by atoms with van der Waals surface area (Å²) < 4.78 is 0. The molecule has 2 aliphatic heterocycles. The van der Waals surface area contributed by atoms with Gasteiger partial charge in [0.05, 0.1) is 5.52 Å². The summed E-state index contributed by atoms with van der Waals surface area (Å²) in [5.41, 5.74) is 1.06. The SMILES string of the molecule is CC1(C(=O)N2CCN(C(=O)c3n[nH]c4ccccc34)CC2)CCNCC1. The van der Waals surface area contributed by atoms with Gasteiger partial charge in [0.2, 0.25) is 5.91 Å². The molecule has 2 aromatic rings. The number of aromatic amines is 1. The number of H-pyrrole nitrogens is 1. The lowest BCUT2D eigenvalue weighted by molar-refractivity contribution is -0.144. The topological polar surface area (TPSA) is 81.3 Å². The predicted octanol–water partition coefficient (Wildman–Crippen LogP) is 1.24. The number of nitrogens with one attached hydrogen (secondary N) is 2. The fourth-order valence-electron chi connectivity index (χ4n) is 3.96. The minimum absolute atomic E-state index is 0.0670. The number of carbonyl (C=O) groups excluding carboxylic acids is 2. The lowest BCUT2D eigenvalue weighted by atomic mass is 9.79. The van der Waals surface area contributed by atoms with Crippen LogP contribution in [0, 0.1) is 5.41 Å². The first-order chi connectivity index (χ1) is 12.6. The standard InChI is InChI=1S/C19H25N5O2/c1-19(6-8-20-9-7-19)18(26)24-12-10-23(11-13-24)17(25)16-14-4-2-3-5-15(14)21-22-16/h2-5,20H,6-13H2,1H3,(H,21,22). The molecule has 138 valence electrons. The Kier molecular flexibility index (Phi) is 4.40. The van der Waals surface area contributed by atoms with Gasteiger partial charge >= 0.3 is 0 Å². The van der Waals surface area contributed by atoms with Crippen LogP contribution in [0.25, 0.3) is 10.9 Å². The third-order valence-electron chi connectivity index (χ3n) is 5.75. The number of hydrogen-bond acceptors (Lipinski definition) is 4. The zero-order valence-corrected chi connectivity index (χ0v) is 15.1. The van der Waals surface area contributed by atoms with E-state index < -0.39 is 0 Å². The van der Waals surface area contributed by atoms with Crippen molar-refractivity contribution in [3.8, 4) is 0 Å². The number of carbonyl (C=O) groups is 2. The maximum absolute atomic E-state index is 12.9. The minimum Gasteiger partial charge on any atom is -0.339 e. The Balaban J connectivity index is 1.42. The zero-order chi connectivity index (χ0) is 18.1. The average Bonchev–Trinajstić information content (AvgIpc) is 3.12. The van der Waals surface area contributed by atoms with Crippen molar-refractivity contribution in [2.75, 3.05) is 39.3 Å². The predicted molar refractivity (Wildman–Crippen MR) is 98.8 cm³/mol. The second-order valence-electron chi connectivity index (χ2n) is 7.51. The number of rotatable bonds is 2. The molecule has 26 heavy (non-hydrogen) atoms. The van der Waals surface area contributed by atoms with Gasteiger partial charge < -0.3 is 15.1 Å². The highest BCUT2D eigenvalue weighted by Gasteiger charge is 2.39. The maximum Gasteiger partial charge on any atom is 0.275 e. The molecule has 3 heterocycles. The summed E-state index contributed by atoms with van der Waals surface area (Å²) in [6, 6.07) is 7.64. The van der Waals surface area contributed by atoms with E-state index in [0.717, 1.165) is 36.8 Å². The van der Waals surface area contributed by atoms with E-state index in [0.29, 0.717) is 31.9 Å². The molecule has 2 fully saturated rings. The summed E-state index contributed by atoms with van der Waals surface area (Å²) in [7, 11) is 0. The molecular weight excluding hydrogens is 330 g/mol. The van der Waals surface area contributed by atoms with Crippen molar-refractivity contribution in [1.82, 2.24) is 25.3 Å². The highest BCUT2D eigenvalue weighted by molar-refractivity contribution is 6.04. The first kappa shape index (κ1) is 17.0. The highest BCUT2D eigenvalue weighted by atomic mass is 16.2. The van der Waals surface area contributed by atoms with Crippen LogP contribution in [-0.2, 0) is 4.79 Å². The van der Waals surface area contributed by atoms with E-state index in [9.17, 15) is 9.59 Å². The van der Waals surface area contributed by atoms with Gasteiger partial charge in [-0.1, -0.05) is 25.1 Å². The monoisotopic (exact) mass is 355 g/mol. The van der Waals surface area contributed by atoms with E-state index in [1.807, 2.05) is 29.2 Å². The van der Waals surface area contributed by atoms with E-state index in [1.165, 1.54) is 0 Å². The second kappa shape index (κ2) is 6.72. The van der Waals surface area contributed by atoms with Crippen molar-refractivity contribution in [2.24, 2.45) is 5.41 Å². The highest BCUT2D eigenvalue weighted by Crippen LogP contribution is 2.31. The van der Waals surface area contributed by atoms with E-state index in [1.54, 1.807) is 4.90 Å². The van der Waals surface area contributed by atoms with Crippen molar-refractivity contribution in [1.29, 1.82) is 0 Å². The lowest BCUT2D eigenvalue weighted by Gasteiger charge is -2.41. The number of hydrogen-bond donors (Lipinski definition) is 2. The molecule has 0 unspecified atom stereocenters. The first-order valence-corrected chi connectivity index (χ1v) is 9.31. The van der Waals surface area contributed by atoms with Crippen molar-refractivity contribution in [2.45, 2.75) is 19.8 Å². The number of benzene rings is 1. The molecule has 0 aliphatic carbocycles. The van der Waals surface area contributed by atoms with E-state index >= 15 is 0 Å². The number of piperidine rings is 1. The van der Waals surface area contributed by atoms with Gasteiger partial charge in [-0.25, -0.2) is 0 Å². The molecule has 0 saturated carbocycles. The summed E-state index contributed by atoms with van der Waals surface area (Å²) in [4.78, 5) is 29.5. The number of aromatic nitrogens is 2. The number of fused-ring (bicyclic) bond motifs is 1. The van der Waals surface area contributed by atoms with Gasteiger partial charge in [-0.15, -0.1) is 0 Å². The molecule has 7 heteroatoms. The molecule has 7 nitrogen and oxygen atoms in total. The van der Waals surface area contributed by atoms with E-state index in [4.69, 9.17) is 0 Å². The molecule has 0 atom stereocenters. The molecule has 1 aromatic carbocycles. The Labute approximate surface area is 152 Å². The number of nitrogens with zero attached hydrogens (tertiary/aromatic N) is 3. The summed E-state index contributed by atoms with van der Waals surface area (Å²) in [6.07, 6.45) is 1.76. The number of para-hydroxylation sites is 1. The van der Waals surface area contributed by atoms with Crippen molar-refractivity contribution in [3.05, 3.63) is 30.0 Å². The van der Waals surface area contributed by atoms with Crippen LogP contribution in [0.3, 0.4) is 0 Å².